The first-order valence-electron chi connectivity index (χ1n) is 10.7. The fourth-order valence-corrected chi connectivity index (χ4v) is 3.79. The van der Waals surface area contributed by atoms with Crippen LogP contribution in [0.25, 0.3) is 27.6 Å². The number of nitrogens with zero attached hydrogens (tertiary/aromatic N) is 4. The number of imidazole rings is 1. The summed E-state index contributed by atoms with van der Waals surface area (Å²) < 4.78 is 2.11. The minimum atomic E-state index is 0.191. The summed E-state index contributed by atoms with van der Waals surface area (Å²) in [4.78, 5) is 13.3. The third-order valence-electron chi connectivity index (χ3n) is 5.62. The van der Waals surface area contributed by atoms with Crippen LogP contribution < -0.4 is 5.73 Å². The van der Waals surface area contributed by atoms with E-state index in [0.29, 0.717) is 0 Å². The van der Waals surface area contributed by atoms with E-state index >= 15 is 0 Å². The van der Waals surface area contributed by atoms with Gasteiger partial charge >= 0.3 is 0 Å². The van der Waals surface area contributed by atoms with Gasteiger partial charge in [0.2, 0.25) is 0 Å². The minimum Gasteiger partial charge on any atom is -0.327 e. The van der Waals surface area contributed by atoms with Gasteiger partial charge in [-0.05, 0) is 60.9 Å². The lowest BCUT2D eigenvalue weighted by Gasteiger charge is -2.11. The second-order valence-corrected chi connectivity index (χ2v) is 7.87. The van der Waals surface area contributed by atoms with Gasteiger partial charge in [0, 0.05) is 40.6 Å². The summed E-state index contributed by atoms with van der Waals surface area (Å²) in [6, 6.07) is 18.7. The van der Waals surface area contributed by atoms with Crippen molar-refractivity contribution >= 4 is 21.9 Å². The third-order valence-corrected chi connectivity index (χ3v) is 5.62. The molecule has 32 heavy (non-hydrogen) atoms. The molecule has 1 atom stereocenters. The first-order valence-corrected chi connectivity index (χ1v) is 10.7. The van der Waals surface area contributed by atoms with E-state index in [4.69, 9.17) is 5.73 Å². The minimum absolute atomic E-state index is 0.191. The molecule has 0 saturated heterocycles. The van der Waals surface area contributed by atoms with Crippen molar-refractivity contribution in [3.8, 4) is 17.5 Å². The molecule has 0 saturated carbocycles. The van der Waals surface area contributed by atoms with E-state index in [9.17, 15) is 0 Å². The fourth-order valence-electron chi connectivity index (χ4n) is 3.79. The van der Waals surface area contributed by atoms with Crippen LogP contribution in [-0.2, 0) is 6.42 Å². The smallest absolute Gasteiger partial charge is 0.108 e. The van der Waals surface area contributed by atoms with Gasteiger partial charge in [-0.3, -0.25) is 14.5 Å². The highest BCUT2D eigenvalue weighted by atomic mass is 15.1. The van der Waals surface area contributed by atoms with Gasteiger partial charge in [0.05, 0.1) is 17.2 Å². The summed E-state index contributed by atoms with van der Waals surface area (Å²) in [5, 5.41) is 1.02. The lowest BCUT2D eigenvalue weighted by molar-refractivity contribution is 0.646. The number of rotatable bonds is 4. The summed E-state index contributed by atoms with van der Waals surface area (Å²) in [6.45, 7) is 2.12. The van der Waals surface area contributed by atoms with Crippen LogP contribution in [0.15, 0.2) is 79.5 Å². The molecule has 0 bridgehead atoms. The normalized spacial score (nSPS) is 11.9. The Hall–Kier alpha value is -4.01. The highest BCUT2D eigenvalue weighted by molar-refractivity contribution is 6.03. The van der Waals surface area contributed by atoms with E-state index in [1.54, 1.807) is 12.4 Å². The molecule has 0 fully saturated rings. The monoisotopic (exact) mass is 417 g/mol. The SMILES string of the molecule is CCC(N)Cc1ccc(-n2cnc3cnc4ccc(C#Cc5cccnc5)cc4c32)cc1. The topological polar surface area (TPSA) is 69.6 Å². The van der Waals surface area contributed by atoms with Gasteiger partial charge in [0.1, 0.15) is 11.8 Å². The Labute approximate surface area is 187 Å². The van der Waals surface area contributed by atoms with Gasteiger partial charge < -0.3 is 5.73 Å². The van der Waals surface area contributed by atoms with Crippen LogP contribution in [-0.4, -0.2) is 25.6 Å². The Kier molecular flexibility index (Phi) is 5.37. The molecule has 5 rings (SSSR count). The van der Waals surface area contributed by atoms with Gasteiger partial charge in [-0.1, -0.05) is 30.9 Å². The summed E-state index contributed by atoms with van der Waals surface area (Å²) in [5.41, 5.74) is 13.0. The molecule has 5 aromatic rings. The van der Waals surface area contributed by atoms with Crippen LogP contribution >= 0.6 is 0 Å². The van der Waals surface area contributed by atoms with Gasteiger partial charge in [0.25, 0.3) is 0 Å². The zero-order chi connectivity index (χ0) is 21.9. The zero-order valence-electron chi connectivity index (χ0n) is 17.9. The molecule has 156 valence electrons. The van der Waals surface area contributed by atoms with Crippen molar-refractivity contribution in [3.63, 3.8) is 0 Å². The number of fused-ring (bicyclic) bond motifs is 3. The molecular weight excluding hydrogens is 394 g/mol. The second-order valence-electron chi connectivity index (χ2n) is 7.87. The molecule has 3 aromatic heterocycles. The summed E-state index contributed by atoms with van der Waals surface area (Å²) in [7, 11) is 0. The van der Waals surface area contributed by atoms with Gasteiger partial charge in [0.15, 0.2) is 0 Å². The second kappa shape index (κ2) is 8.62. The highest BCUT2D eigenvalue weighted by Crippen LogP contribution is 2.26. The average Bonchev–Trinajstić information content (AvgIpc) is 3.28. The highest BCUT2D eigenvalue weighted by Gasteiger charge is 2.11. The Morgan fingerprint density at radius 2 is 1.78 bits per heavy atom. The van der Waals surface area contributed by atoms with Crippen molar-refractivity contribution in [2.24, 2.45) is 5.73 Å². The molecule has 0 spiro atoms. The molecule has 5 heteroatoms. The number of nitrogens with two attached hydrogens (primary N) is 1. The summed E-state index contributed by atoms with van der Waals surface area (Å²) >= 11 is 0. The van der Waals surface area contributed by atoms with Crippen LogP contribution in [0.1, 0.15) is 30.0 Å². The number of hydrogen-bond donors (Lipinski definition) is 1. The number of aromatic nitrogens is 4. The largest absolute Gasteiger partial charge is 0.327 e. The van der Waals surface area contributed by atoms with Gasteiger partial charge in [-0.2, -0.15) is 0 Å². The van der Waals surface area contributed by atoms with Crippen LogP contribution in [0.2, 0.25) is 0 Å². The van der Waals surface area contributed by atoms with Crippen LogP contribution in [0.5, 0.6) is 0 Å². The molecule has 1 unspecified atom stereocenters. The van der Waals surface area contributed by atoms with Crippen LogP contribution in [0.3, 0.4) is 0 Å². The number of hydrogen-bond acceptors (Lipinski definition) is 4. The Morgan fingerprint density at radius 1 is 0.938 bits per heavy atom. The Bertz CT molecular complexity index is 1440. The molecule has 0 radical (unpaired) electrons. The standard InChI is InChI=1S/C27H23N5/c1-2-22(28)14-19-7-10-23(11-8-19)32-18-31-26-17-30-25-12-9-20(15-24(25)27(26)32)5-6-21-4-3-13-29-16-21/h3-4,7-13,15-18,22H,2,14,28H2,1H3. The fraction of sp³-hybridized carbons (Fsp3) is 0.148. The molecule has 2 aromatic carbocycles. The lowest BCUT2D eigenvalue weighted by atomic mass is 10.0. The lowest BCUT2D eigenvalue weighted by Crippen LogP contribution is -2.21. The zero-order valence-corrected chi connectivity index (χ0v) is 17.9. The predicted molar refractivity (Wildman–Crippen MR) is 129 cm³/mol. The third kappa shape index (κ3) is 3.96. The van der Waals surface area contributed by atoms with Crippen LogP contribution in [0, 0.1) is 11.8 Å². The predicted octanol–water partition coefficient (Wildman–Crippen LogP) is 4.65. The summed E-state index contributed by atoms with van der Waals surface area (Å²) in [6.07, 6.45) is 9.04. The maximum absolute atomic E-state index is 6.11. The molecular formula is C27H23N5. The summed E-state index contributed by atoms with van der Waals surface area (Å²) in [5.74, 6) is 6.42. The number of benzene rings is 2. The van der Waals surface area contributed by atoms with Crippen molar-refractivity contribution in [3.05, 3.63) is 96.2 Å². The molecule has 0 aliphatic rings. The average molecular weight is 418 g/mol. The van der Waals surface area contributed by atoms with Crippen molar-refractivity contribution < 1.29 is 0 Å². The van der Waals surface area contributed by atoms with E-state index < -0.39 is 0 Å². The van der Waals surface area contributed by atoms with Gasteiger partial charge in [-0.15, -0.1) is 0 Å². The van der Waals surface area contributed by atoms with E-state index in [-0.39, 0.29) is 6.04 Å². The quantitative estimate of drug-likeness (QED) is 0.432. The van der Waals surface area contributed by atoms with E-state index in [2.05, 4.69) is 68.6 Å². The number of pyridine rings is 2. The Morgan fingerprint density at radius 3 is 2.56 bits per heavy atom. The molecule has 5 nitrogen and oxygen atoms in total. The van der Waals surface area contributed by atoms with E-state index in [1.807, 2.05) is 36.8 Å². The van der Waals surface area contributed by atoms with Crippen LogP contribution in [0.4, 0.5) is 0 Å². The first-order chi connectivity index (χ1) is 15.7. The first kappa shape index (κ1) is 19.9. The van der Waals surface area contributed by atoms with Gasteiger partial charge in [-0.25, -0.2) is 4.98 Å². The molecule has 0 aliphatic heterocycles. The van der Waals surface area contributed by atoms with Crippen molar-refractivity contribution in [1.29, 1.82) is 0 Å². The molecule has 3 heterocycles. The molecule has 0 aliphatic carbocycles. The van der Waals surface area contributed by atoms with Crippen molar-refractivity contribution in [2.45, 2.75) is 25.8 Å². The maximum atomic E-state index is 6.11. The van der Waals surface area contributed by atoms with E-state index in [0.717, 1.165) is 51.6 Å². The molecule has 2 N–H and O–H groups in total. The Balaban J connectivity index is 1.57. The van der Waals surface area contributed by atoms with E-state index in [1.165, 1.54) is 5.56 Å². The molecule has 0 amide bonds. The van der Waals surface area contributed by atoms with Crippen molar-refractivity contribution in [1.82, 2.24) is 19.5 Å². The van der Waals surface area contributed by atoms with Crippen molar-refractivity contribution in [2.75, 3.05) is 0 Å². The maximum Gasteiger partial charge on any atom is 0.108 e.